The van der Waals surface area contributed by atoms with Crippen molar-refractivity contribution in [3.05, 3.63) is 28.7 Å². The number of nitrogens with one attached hydrogen (secondary N) is 1. The molecule has 104 valence electrons. The molecule has 0 aromatic heterocycles. The van der Waals surface area contributed by atoms with E-state index < -0.39 is 12.0 Å². The van der Waals surface area contributed by atoms with Crippen molar-refractivity contribution >= 4 is 39.6 Å². The third-order valence-corrected chi connectivity index (χ3v) is 3.97. The smallest absolute Gasteiger partial charge is 0.326 e. The molecule has 1 atom stereocenters. The number of benzene rings is 1. The fourth-order valence-corrected chi connectivity index (χ4v) is 2.38. The Balaban J connectivity index is 2.47. The van der Waals surface area contributed by atoms with Crippen molar-refractivity contribution in [2.24, 2.45) is 5.92 Å². The first-order valence-electron chi connectivity index (χ1n) is 5.80. The summed E-state index contributed by atoms with van der Waals surface area (Å²) in [6.07, 6.45) is 0. The van der Waals surface area contributed by atoms with Gasteiger partial charge in [0.1, 0.15) is 6.04 Å². The van der Waals surface area contributed by atoms with Gasteiger partial charge in [0.15, 0.2) is 0 Å². The molecular formula is C13H16BrNO3S. The third-order valence-electron chi connectivity index (χ3n) is 2.43. The number of aliphatic carboxylic acids is 1. The standard InChI is InChI=1S/C13H16BrNO3S/c1-8(2)12(13(17)18)15-11(16)7-19-10-5-3-9(14)4-6-10/h3-6,8,12H,7H2,1-2H3,(H,15,16)(H,17,18)/t12-/m1/s1. The molecule has 0 radical (unpaired) electrons. The Morgan fingerprint density at radius 1 is 1.32 bits per heavy atom. The fraction of sp³-hybridized carbons (Fsp3) is 0.385. The average molecular weight is 346 g/mol. The number of carbonyl (C=O) groups is 2. The highest BCUT2D eigenvalue weighted by atomic mass is 79.9. The molecule has 1 aromatic rings. The fourth-order valence-electron chi connectivity index (χ4n) is 1.41. The van der Waals surface area contributed by atoms with Gasteiger partial charge in [-0.05, 0) is 30.2 Å². The maximum atomic E-state index is 11.7. The summed E-state index contributed by atoms with van der Waals surface area (Å²) >= 11 is 4.71. The summed E-state index contributed by atoms with van der Waals surface area (Å²) in [7, 11) is 0. The Kier molecular flexibility index (Phi) is 6.37. The van der Waals surface area contributed by atoms with Crippen LogP contribution in [0.5, 0.6) is 0 Å². The van der Waals surface area contributed by atoms with E-state index in [-0.39, 0.29) is 17.6 Å². The van der Waals surface area contributed by atoms with Crippen molar-refractivity contribution in [2.45, 2.75) is 24.8 Å². The first-order valence-corrected chi connectivity index (χ1v) is 7.58. The predicted octanol–water partition coefficient (Wildman–Crippen LogP) is 2.77. The van der Waals surface area contributed by atoms with E-state index in [9.17, 15) is 9.59 Å². The van der Waals surface area contributed by atoms with Gasteiger partial charge in [-0.3, -0.25) is 4.79 Å². The van der Waals surface area contributed by atoms with Gasteiger partial charge in [-0.25, -0.2) is 4.79 Å². The zero-order valence-corrected chi connectivity index (χ0v) is 13.1. The Labute approximate surface area is 125 Å². The molecule has 0 saturated carbocycles. The van der Waals surface area contributed by atoms with Crippen LogP contribution in [0.2, 0.25) is 0 Å². The molecule has 1 rings (SSSR count). The highest BCUT2D eigenvalue weighted by Gasteiger charge is 2.23. The van der Waals surface area contributed by atoms with Crippen LogP contribution in [-0.4, -0.2) is 28.8 Å². The van der Waals surface area contributed by atoms with Gasteiger partial charge in [0, 0.05) is 9.37 Å². The minimum absolute atomic E-state index is 0.140. The van der Waals surface area contributed by atoms with E-state index in [1.54, 1.807) is 13.8 Å². The van der Waals surface area contributed by atoms with Gasteiger partial charge < -0.3 is 10.4 Å². The zero-order chi connectivity index (χ0) is 14.4. The number of carboxylic acids is 1. The van der Waals surface area contributed by atoms with Crippen molar-refractivity contribution in [1.29, 1.82) is 0 Å². The molecule has 0 aliphatic carbocycles. The van der Waals surface area contributed by atoms with Crippen LogP contribution in [0.4, 0.5) is 0 Å². The number of hydrogen-bond donors (Lipinski definition) is 2. The summed E-state index contributed by atoms with van der Waals surface area (Å²) in [6.45, 7) is 3.53. The maximum Gasteiger partial charge on any atom is 0.326 e. The molecular weight excluding hydrogens is 330 g/mol. The van der Waals surface area contributed by atoms with Crippen molar-refractivity contribution in [2.75, 3.05) is 5.75 Å². The number of halogens is 1. The molecule has 0 aliphatic heterocycles. The van der Waals surface area contributed by atoms with Crippen molar-refractivity contribution < 1.29 is 14.7 Å². The molecule has 1 aromatic carbocycles. The van der Waals surface area contributed by atoms with E-state index in [0.717, 1.165) is 9.37 Å². The summed E-state index contributed by atoms with van der Waals surface area (Å²) < 4.78 is 0.979. The van der Waals surface area contributed by atoms with Crippen LogP contribution in [0.1, 0.15) is 13.8 Å². The maximum absolute atomic E-state index is 11.7. The predicted molar refractivity (Wildman–Crippen MR) is 79.3 cm³/mol. The summed E-state index contributed by atoms with van der Waals surface area (Å²) in [6, 6.07) is 6.76. The Hall–Kier alpha value is -1.01. The van der Waals surface area contributed by atoms with Crippen LogP contribution in [0.25, 0.3) is 0 Å². The molecule has 0 unspecified atom stereocenters. The van der Waals surface area contributed by atoms with Gasteiger partial charge in [0.25, 0.3) is 0 Å². The Morgan fingerprint density at radius 3 is 2.37 bits per heavy atom. The van der Waals surface area contributed by atoms with E-state index in [0.29, 0.717) is 0 Å². The first kappa shape index (κ1) is 16.0. The monoisotopic (exact) mass is 345 g/mol. The van der Waals surface area contributed by atoms with E-state index in [1.165, 1.54) is 11.8 Å². The number of hydrogen-bond acceptors (Lipinski definition) is 3. The Morgan fingerprint density at radius 2 is 1.89 bits per heavy atom. The molecule has 1 amide bonds. The summed E-state index contributed by atoms with van der Waals surface area (Å²) in [5.74, 6) is -1.21. The molecule has 0 bridgehead atoms. The SMILES string of the molecule is CC(C)[C@@H](NC(=O)CSc1ccc(Br)cc1)C(=O)O. The van der Waals surface area contributed by atoms with Gasteiger partial charge in [-0.1, -0.05) is 29.8 Å². The number of thioether (sulfide) groups is 1. The topological polar surface area (TPSA) is 66.4 Å². The summed E-state index contributed by atoms with van der Waals surface area (Å²) in [5.41, 5.74) is 0. The summed E-state index contributed by atoms with van der Waals surface area (Å²) in [5, 5.41) is 11.5. The molecule has 6 heteroatoms. The quantitative estimate of drug-likeness (QED) is 0.778. The molecule has 19 heavy (non-hydrogen) atoms. The number of carbonyl (C=O) groups excluding carboxylic acids is 1. The van der Waals surface area contributed by atoms with Crippen LogP contribution in [0, 0.1) is 5.92 Å². The molecule has 0 spiro atoms. The van der Waals surface area contributed by atoms with Crippen molar-refractivity contribution in [3.63, 3.8) is 0 Å². The molecule has 2 N–H and O–H groups in total. The normalized spacial score (nSPS) is 12.2. The zero-order valence-electron chi connectivity index (χ0n) is 10.7. The summed E-state index contributed by atoms with van der Waals surface area (Å²) in [4.78, 5) is 23.6. The lowest BCUT2D eigenvalue weighted by atomic mass is 10.1. The largest absolute Gasteiger partial charge is 0.480 e. The van der Waals surface area contributed by atoms with Crippen LogP contribution in [0.3, 0.4) is 0 Å². The Bertz CT molecular complexity index is 448. The van der Waals surface area contributed by atoms with Gasteiger partial charge in [-0.2, -0.15) is 0 Å². The van der Waals surface area contributed by atoms with Crippen LogP contribution in [0.15, 0.2) is 33.6 Å². The van der Waals surface area contributed by atoms with E-state index in [1.807, 2.05) is 24.3 Å². The minimum Gasteiger partial charge on any atom is -0.480 e. The van der Waals surface area contributed by atoms with Gasteiger partial charge in [0.05, 0.1) is 5.75 Å². The van der Waals surface area contributed by atoms with E-state index in [4.69, 9.17) is 5.11 Å². The van der Waals surface area contributed by atoms with Crippen molar-refractivity contribution in [1.82, 2.24) is 5.32 Å². The van der Waals surface area contributed by atoms with Gasteiger partial charge >= 0.3 is 5.97 Å². The minimum atomic E-state index is -1.00. The first-order chi connectivity index (χ1) is 8.90. The third kappa shape index (κ3) is 5.65. The van der Waals surface area contributed by atoms with Crippen LogP contribution >= 0.6 is 27.7 Å². The van der Waals surface area contributed by atoms with Gasteiger partial charge in [-0.15, -0.1) is 11.8 Å². The lowest BCUT2D eigenvalue weighted by molar-refractivity contribution is -0.142. The lowest BCUT2D eigenvalue weighted by Crippen LogP contribution is -2.45. The number of amides is 1. The second-order valence-corrected chi connectivity index (χ2v) is 6.33. The molecule has 0 fully saturated rings. The highest BCUT2D eigenvalue weighted by molar-refractivity contribution is 9.10. The van der Waals surface area contributed by atoms with Gasteiger partial charge in [0.2, 0.25) is 5.91 Å². The average Bonchev–Trinajstić information content (AvgIpc) is 2.34. The van der Waals surface area contributed by atoms with Crippen LogP contribution in [-0.2, 0) is 9.59 Å². The van der Waals surface area contributed by atoms with E-state index >= 15 is 0 Å². The lowest BCUT2D eigenvalue weighted by Gasteiger charge is -2.17. The number of rotatable bonds is 6. The van der Waals surface area contributed by atoms with Crippen LogP contribution < -0.4 is 5.32 Å². The molecule has 0 aliphatic rings. The second kappa shape index (κ2) is 7.55. The second-order valence-electron chi connectivity index (χ2n) is 4.37. The van der Waals surface area contributed by atoms with E-state index in [2.05, 4.69) is 21.2 Å². The molecule has 0 saturated heterocycles. The number of carboxylic acid groups (broad SMARTS) is 1. The molecule has 0 heterocycles. The van der Waals surface area contributed by atoms with Crippen molar-refractivity contribution in [3.8, 4) is 0 Å². The highest BCUT2D eigenvalue weighted by Crippen LogP contribution is 2.20. The molecule has 4 nitrogen and oxygen atoms in total.